The van der Waals surface area contributed by atoms with Gasteiger partial charge in [0.25, 0.3) is 17.7 Å². The fourth-order valence-electron chi connectivity index (χ4n) is 2.59. The third-order valence-electron chi connectivity index (χ3n) is 4.08. The number of para-hydroxylation sites is 1. The van der Waals surface area contributed by atoms with Gasteiger partial charge in [-0.05, 0) is 50.2 Å². The van der Waals surface area contributed by atoms with E-state index < -0.39 is 17.7 Å². The number of primary amides is 1. The Morgan fingerprint density at radius 2 is 1.61 bits per heavy atom. The van der Waals surface area contributed by atoms with Crippen LogP contribution >= 0.6 is 0 Å². The van der Waals surface area contributed by atoms with Gasteiger partial charge in [-0.15, -0.1) is 0 Å². The topological polar surface area (TPSA) is 114 Å². The quantitative estimate of drug-likeness (QED) is 0.597. The predicted octanol–water partition coefficient (Wildman–Crippen LogP) is 1.47. The first-order valence-corrected chi connectivity index (χ1v) is 8.92. The molecule has 0 heterocycles. The van der Waals surface area contributed by atoms with Gasteiger partial charge >= 0.3 is 0 Å². The Hall–Kier alpha value is -3.55. The summed E-state index contributed by atoms with van der Waals surface area (Å²) in [5.74, 6) is -1.48. The van der Waals surface area contributed by atoms with Gasteiger partial charge in [-0.25, -0.2) is 0 Å². The molecule has 148 valence electrons. The van der Waals surface area contributed by atoms with Crippen LogP contribution < -0.4 is 26.2 Å². The molecule has 0 aromatic heterocycles. The highest BCUT2D eigenvalue weighted by Crippen LogP contribution is 2.17. The van der Waals surface area contributed by atoms with Gasteiger partial charge in [0.2, 0.25) is 0 Å². The standard InChI is InChI=1S/C20H24N4O4/c1-3-24(4-2)15-11-9-14(10-12-15)20(27)23-22-18(25)13-28-17-8-6-5-7-16(17)19(21)26/h5-12H,3-4,13H2,1-2H3,(H2,21,26)(H,22,25)(H,23,27). The molecule has 0 unspecified atom stereocenters. The minimum atomic E-state index is -0.655. The van der Waals surface area contributed by atoms with Crippen LogP contribution in [0, 0.1) is 0 Å². The molecule has 0 saturated heterocycles. The minimum Gasteiger partial charge on any atom is -0.483 e. The Morgan fingerprint density at radius 1 is 0.964 bits per heavy atom. The first-order chi connectivity index (χ1) is 13.5. The molecule has 8 heteroatoms. The van der Waals surface area contributed by atoms with Crippen molar-refractivity contribution in [1.29, 1.82) is 0 Å². The van der Waals surface area contributed by atoms with Gasteiger partial charge in [-0.3, -0.25) is 25.2 Å². The Balaban J connectivity index is 1.86. The number of hydrogen-bond acceptors (Lipinski definition) is 5. The molecule has 0 aliphatic rings. The summed E-state index contributed by atoms with van der Waals surface area (Å²) >= 11 is 0. The van der Waals surface area contributed by atoms with Crippen LogP contribution in [0.5, 0.6) is 5.75 Å². The Morgan fingerprint density at radius 3 is 2.21 bits per heavy atom. The maximum atomic E-state index is 12.1. The van der Waals surface area contributed by atoms with E-state index in [2.05, 4.69) is 29.6 Å². The average Bonchev–Trinajstić information content (AvgIpc) is 2.72. The van der Waals surface area contributed by atoms with Gasteiger partial charge in [-0.2, -0.15) is 0 Å². The summed E-state index contributed by atoms with van der Waals surface area (Å²) < 4.78 is 5.30. The molecule has 0 atom stereocenters. The maximum absolute atomic E-state index is 12.1. The van der Waals surface area contributed by atoms with Crippen molar-refractivity contribution in [3.05, 3.63) is 59.7 Å². The van der Waals surface area contributed by atoms with Crippen molar-refractivity contribution in [1.82, 2.24) is 10.9 Å². The first-order valence-electron chi connectivity index (χ1n) is 8.92. The van der Waals surface area contributed by atoms with Gasteiger partial charge in [-0.1, -0.05) is 12.1 Å². The molecule has 28 heavy (non-hydrogen) atoms. The number of benzene rings is 2. The zero-order valence-electron chi connectivity index (χ0n) is 15.9. The van der Waals surface area contributed by atoms with Crippen LogP contribution in [0.25, 0.3) is 0 Å². The molecular weight excluding hydrogens is 360 g/mol. The summed E-state index contributed by atoms with van der Waals surface area (Å²) in [4.78, 5) is 37.5. The smallest absolute Gasteiger partial charge is 0.276 e. The lowest BCUT2D eigenvalue weighted by Crippen LogP contribution is -2.43. The highest BCUT2D eigenvalue weighted by atomic mass is 16.5. The Kier molecular flexibility index (Phi) is 7.38. The molecule has 0 bridgehead atoms. The van der Waals surface area contributed by atoms with E-state index in [0.717, 1.165) is 18.8 Å². The van der Waals surface area contributed by atoms with Crippen molar-refractivity contribution in [2.45, 2.75) is 13.8 Å². The lowest BCUT2D eigenvalue weighted by molar-refractivity contribution is -0.123. The van der Waals surface area contributed by atoms with E-state index in [4.69, 9.17) is 10.5 Å². The van der Waals surface area contributed by atoms with Crippen molar-refractivity contribution in [3.63, 3.8) is 0 Å². The average molecular weight is 384 g/mol. The molecule has 0 aliphatic heterocycles. The predicted molar refractivity (Wildman–Crippen MR) is 106 cm³/mol. The van der Waals surface area contributed by atoms with Gasteiger partial charge < -0.3 is 15.4 Å². The van der Waals surface area contributed by atoms with Crippen LogP contribution in [0.2, 0.25) is 0 Å². The van der Waals surface area contributed by atoms with E-state index in [-0.39, 0.29) is 17.9 Å². The zero-order chi connectivity index (χ0) is 20.5. The lowest BCUT2D eigenvalue weighted by atomic mass is 10.2. The highest BCUT2D eigenvalue weighted by molar-refractivity contribution is 5.96. The van der Waals surface area contributed by atoms with E-state index in [1.807, 2.05) is 12.1 Å². The fourth-order valence-corrected chi connectivity index (χ4v) is 2.59. The number of hydrazine groups is 1. The molecule has 4 N–H and O–H groups in total. The third-order valence-corrected chi connectivity index (χ3v) is 4.08. The van der Waals surface area contributed by atoms with Gasteiger partial charge in [0, 0.05) is 24.3 Å². The van der Waals surface area contributed by atoms with Crippen LogP contribution in [0.15, 0.2) is 48.5 Å². The van der Waals surface area contributed by atoms with E-state index in [1.165, 1.54) is 12.1 Å². The Labute approximate surface area is 163 Å². The highest BCUT2D eigenvalue weighted by Gasteiger charge is 2.12. The number of ether oxygens (including phenoxy) is 1. The number of carbonyl (C=O) groups excluding carboxylic acids is 3. The second-order valence-corrected chi connectivity index (χ2v) is 5.87. The molecule has 0 spiro atoms. The van der Waals surface area contributed by atoms with Crippen LogP contribution in [0.3, 0.4) is 0 Å². The summed E-state index contributed by atoms with van der Waals surface area (Å²) in [5.41, 5.74) is 11.5. The number of amides is 3. The molecule has 2 rings (SSSR count). The van der Waals surface area contributed by atoms with E-state index in [1.54, 1.807) is 24.3 Å². The van der Waals surface area contributed by atoms with E-state index in [9.17, 15) is 14.4 Å². The number of anilines is 1. The summed E-state index contributed by atoms with van der Waals surface area (Å²) in [6, 6.07) is 13.4. The van der Waals surface area contributed by atoms with Crippen molar-refractivity contribution < 1.29 is 19.1 Å². The molecular formula is C20H24N4O4. The van der Waals surface area contributed by atoms with Crippen molar-refractivity contribution in [3.8, 4) is 5.75 Å². The lowest BCUT2D eigenvalue weighted by Gasteiger charge is -2.21. The number of rotatable bonds is 8. The monoisotopic (exact) mass is 384 g/mol. The summed E-state index contributed by atoms with van der Waals surface area (Å²) in [6.45, 7) is 5.48. The van der Waals surface area contributed by atoms with Crippen LogP contribution in [0.1, 0.15) is 34.6 Å². The first kappa shape index (κ1) is 20.8. The van der Waals surface area contributed by atoms with Crippen molar-refractivity contribution in [2.75, 3.05) is 24.6 Å². The molecule has 2 aromatic carbocycles. The van der Waals surface area contributed by atoms with Gasteiger partial charge in [0.1, 0.15) is 5.75 Å². The number of hydrogen-bond donors (Lipinski definition) is 3. The number of carbonyl (C=O) groups is 3. The Bertz CT molecular complexity index is 832. The molecule has 0 saturated carbocycles. The SMILES string of the molecule is CCN(CC)c1ccc(C(=O)NNC(=O)COc2ccccc2C(N)=O)cc1. The normalized spacial score (nSPS) is 10.1. The number of nitrogens with zero attached hydrogens (tertiary/aromatic N) is 1. The van der Waals surface area contributed by atoms with E-state index >= 15 is 0 Å². The maximum Gasteiger partial charge on any atom is 0.276 e. The summed E-state index contributed by atoms with van der Waals surface area (Å²) in [6.07, 6.45) is 0. The van der Waals surface area contributed by atoms with Gasteiger partial charge in [0.05, 0.1) is 5.56 Å². The second-order valence-electron chi connectivity index (χ2n) is 5.87. The van der Waals surface area contributed by atoms with Crippen LogP contribution in [-0.4, -0.2) is 37.4 Å². The second kappa shape index (κ2) is 9.96. The molecule has 2 aromatic rings. The third kappa shape index (κ3) is 5.47. The largest absolute Gasteiger partial charge is 0.483 e. The number of nitrogens with two attached hydrogens (primary N) is 1. The fraction of sp³-hybridized carbons (Fsp3) is 0.250. The molecule has 3 amide bonds. The molecule has 0 radical (unpaired) electrons. The number of nitrogens with one attached hydrogen (secondary N) is 2. The molecule has 0 aliphatic carbocycles. The van der Waals surface area contributed by atoms with Crippen molar-refractivity contribution in [2.24, 2.45) is 5.73 Å². The molecule has 8 nitrogen and oxygen atoms in total. The minimum absolute atomic E-state index is 0.174. The van der Waals surface area contributed by atoms with Crippen LogP contribution in [-0.2, 0) is 4.79 Å². The molecule has 0 fully saturated rings. The summed E-state index contributed by atoms with van der Waals surface area (Å²) in [7, 11) is 0. The van der Waals surface area contributed by atoms with E-state index in [0.29, 0.717) is 5.56 Å². The summed E-state index contributed by atoms with van der Waals surface area (Å²) in [5, 5.41) is 0. The van der Waals surface area contributed by atoms with Crippen LogP contribution in [0.4, 0.5) is 5.69 Å². The van der Waals surface area contributed by atoms with Gasteiger partial charge in [0.15, 0.2) is 6.61 Å². The van der Waals surface area contributed by atoms with Crippen molar-refractivity contribution >= 4 is 23.4 Å². The zero-order valence-corrected chi connectivity index (χ0v) is 15.9.